The lowest BCUT2D eigenvalue weighted by Gasteiger charge is -2.31. The van der Waals surface area contributed by atoms with Crippen molar-refractivity contribution in [1.82, 2.24) is 9.80 Å². The fraction of sp³-hybridized carbons (Fsp3) is 0.500. The molecule has 0 aliphatic carbocycles. The van der Waals surface area contributed by atoms with Crippen LogP contribution in [0.15, 0.2) is 36.4 Å². The van der Waals surface area contributed by atoms with Crippen molar-refractivity contribution in [3.8, 4) is 0 Å². The molecule has 2 aliphatic heterocycles. The zero-order valence-corrected chi connectivity index (χ0v) is 29.1. The van der Waals surface area contributed by atoms with Crippen molar-refractivity contribution in [2.24, 2.45) is 0 Å². The van der Waals surface area contributed by atoms with Crippen molar-refractivity contribution in [2.45, 2.75) is 38.5 Å². The van der Waals surface area contributed by atoms with E-state index in [1.807, 2.05) is 0 Å². The van der Waals surface area contributed by atoms with Crippen molar-refractivity contribution in [3.63, 3.8) is 0 Å². The third-order valence-corrected chi connectivity index (χ3v) is 8.46. The molecule has 8 nitrogen and oxygen atoms in total. The molecule has 0 spiro atoms. The van der Waals surface area contributed by atoms with Gasteiger partial charge < -0.3 is 42.9 Å². The third kappa shape index (κ3) is 8.80. The SMILES string of the molecule is C[N+](C)(CCCCCC[N+](C)(C)CCCN1C(=O)c2cc(F)c(F)cc2C1=O)CCCN1C(=O)c2ccccc2C1=O.[Br-].[Br-]. The second-order valence-electron chi connectivity index (χ2n) is 12.8. The number of hydrogen-bond acceptors (Lipinski definition) is 4. The van der Waals surface area contributed by atoms with E-state index in [0.29, 0.717) is 24.1 Å². The topological polar surface area (TPSA) is 74.8 Å². The molecule has 0 fully saturated rings. The largest absolute Gasteiger partial charge is 1.00 e. The van der Waals surface area contributed by atoms with E-state index >= 15 is 0 Å². The van der Waals surface area contributed by atoms with E-state index in [-0.39, 0.29) is 63.4 Å². The lowest BCUT2D eigenvalue weighted by molar-refractivity contribution is -0.891. The molecule has 0 unspecified atom stereocenters. The first-order valence-corrected chi connectivity index (χ1v) is 14.8. The minimum Gasteiger partial charge on any atom is -1.00 e. The Hall–Kier alpha value is -2.54. The van der Waals surface area contributed by atoms with Crippen LogP contribution in [0.1, 0.15) is 80.0 Å². The van der Waals surface area contributed by atoms with E-state index in [4.69, 9.17) is 0 Å². The highest BCUT2D eigenvalue weighted by Crippen LogP contribution is 2.26. The predicted octanol–water partition coefficient (Wildman–Crippen LogP) is -1.64. The number of rotatable bonds is 15. The maximum Gasteiger partial charge on any atom is 0.261 e. The maximum absolute atomic E-state index is 13.5. The molecule has 12 heteroatoms. The Labute approximate surface area is 279 Å². The van der Waals surface area contributed by atoms with Gasteiger partial charge in [-0.1, -0.05) is 12.1 Å². The zero-order valence-electron chi connectivity index (χ0n) is 25.9. The van der Waals surface area contributed by atoms with E-state index in [1.165, 1.54) is 4.90 Å². The molecule has 2 heterocycles. The van der Waals surface area contributed by atoms with Gasteiger partial charge in [0.15, 0.2) is 11.6 Å². The highest BCUT2D eigenvalue weighted by Gasteiger charge is 2.37. The van der Waals surface area contributed by atoms with Crippen molar-refractivity contribution in [2.75, 3.05) is 67.5 Å². The van der Waals surface area contributed by atoms with Gasteiger partial charge in [0.05, 0.1) is 76.6 Å². The average molecular weight is 745 g/mol. The van der Waals surface area contributed by atoms with Crippen LogP contribution in [0, 0.1) is 11.6 Å². The van der Waals surface area contributed by atoms with Crippen molar-refractivity contribution in [1.29, 1.82) is 0 Å². The van der Waals surface area contributed by atoms with Gasteiger partial charge in [-0.05, 0) is 49.9 Å². The highest BCUT2D eigenvalue weighted by molar-refractivity contribution is 6.22. The fourth-order valence-corrected chi connectivity index (χ4v) is 5.90. The molecule has 2 aromatic rings. The lowest BCUT2D eigenvalue weighted by Crippen LogP contribution is -3.00. The van der Waals surface area contributed by atoms with Crippen molar-refractivity contribution in [3.05, 3.63) is 70.3 Å². The minimum absolute atomic E-state index is 0. The highest BCUT2D eigenvalue weighted by atomic mass is 79.9. The summed E-state index contributed by atoms with van der Waals surface area (Å²) in [6.07, 6.45) is 5.74. The van der Waals surface area contributed by atoms with Crippen LogP contribution in [0.25, 0.3) is 0 Å². The van der Waals surface area contributed by atoms with Gasteiger partial charge in [-0.3, -0.25) is 29.0 Å². The first kappa shape index (κ1) is 37.6. The monoisotopic (exact) mass is 742 g/mol. The Bertz CT molecular complexity index is 1310. The minimum atomic E-state index is -1.13. The van der Waals surface area contributed by atoms with Gasteiger partial charge in [0.25, 0.3) is 23.6 Å². The summed E-state index contributed by atoms with van der Waals surface area (Å²) in [7, 11) is 8.62. The average Bonchev–Trinajstić information content (AvgIpc) is 3.31. The van der Waals surface area contributed by atoms with Crippen molar-refractivity contribution >= 4 is 23.6 Å². The Morgan fingerprint density at radius 3 is 1.20 bits per heavy atom. The summed E-state index contributed by atoms with van der Waals surface area (Å²) in [4.78, 5) is 52.6. The first-order valence-electron chi connectivity index (χ1n) is 14.8. The van der Waals surface area contributed by atoms with E-state index in [1.54, 1.807) is 24.3 Å². The molecular formula is C32H42Br2F2N4O4. The molecule has 0 saturated heterocycles. The molecule has 2 aromatic carbocycles. The summed E-state index contributed by atoms with van der Waals surface area (Å²) in [6, 6.07) is 8.60. The molecule has 0 radical (unpaired) electrons. The zero-order chi connectivity index (χ0) is 30.7. The van der Waals surface area contributed by atoms with Crippen LogP contribution in [0.3, 0.4) is 0 Å². The molecule has 0 saturated carbocycles. The van der Waals surface area contributed by atoms with Gasteiger partial charge in [-0.2, -0.15) is 0 Å². The molecule has 0 atom stereocenters. The molecular weight excluding hydrogens is 702 g/mol. The smallest absolute Gasteiger partial charge is 0.261 e. The van der Waals surface area contributed by atoms with Crippen LogP contribution in [0.5, 0.6) is 0 Å². The number of unbranched alkanes of at least 4 members (excludes halogenated alkanes) is 3. The molecule has 44 heavy (non-hydrogen) atoms. The summed E-state index contributed by atoms with van der Waals surface area (Å²) >= 11 is 0. The number of imide groups is 2. The quantitative estimate of drug-likeness (QED) is 0.125. The summed E-state index contributed by atoms with van der Waals surface area (Å²) in [5.41, 5.74) is 0.849. The van der Waals surface area contributed by atoms with Gasteiger partial charge in [0, 0.05) is 25.9 Å². The molecule has 0 aromatic heterocycles. The summed E-state index contributed by atoms with van der Waals surface area (Å²) in [6.45, 7) is 4.30. The summed E-state index contributed by atoms with van der Waals surface area (Å²) < 4.78 is 28.7. The molecule has 242 valence electrons. The third-order valence-electron chi connectivity index (χ3n) is 8.46. The number of amides is 4. The number of hydrogen-bond donors (Lipinski definition) is 0. The number of carbonyl (C=O) groups is 4. The van der Waals surface area contributed by atoms with E-state index < -0.39 is 23.4 Å². The van der Waals surface area contributed by atoms with Gasteiger partial charge in [-0.25, -0.2) is 8.78 Å². The summed E-state index contributed by atoms with van der Waals surface area (Å²) in [5.74, 6) is -3.78. The van der Waals surface area contributed by atoms with Gasteiger partial charge in [-0.15, -0.1) is 0 Å². The Kier molecular flexibility index (Phi) is 13.4. The molecule has 0 N–H and O–H groups in total. The van der Waals surface area contributed by atoms with Gasteiger partial charge in [0.2, 0.25) is 0 Å². The van der Waals surface area contributed by atoms with E-state index in [0.717, 1.165) is 84.3 Å². The van der Waals surface area contributed by atoms with Crippen LogP contribution < -0.4 is 34.0 Å². The van der Waals surface area contributed by atoms with Gasteiger partial charge >= 0.3 is 0 Å². The second kappa shape index (κ2) is 15.6. The van der Waals surface area contributed by atoms with E-state index in [9.17, 15) is 28.0 Å². The Morgan fingerprint density at radius 2 is 0.841 bits per heavy atom. The van der Waals surface area contributed by atoms with Crippen molar-refractivity contribution < 1.29 is 70.9 Å². The Morgan fingerprint density at radius 1 is 0.523 bits per heavy atom. The lowest BCUT2D eigenvalue weighted by atomic mass is 10.1. The van der Waals surface area contributed by atoms with Gasteiger partial charge in [0.1, 0.15) is 0 Å². The number of carbonyl (C=O) groups excluding carboxylic acids is 4. The molecule has 0 bridgehead atoms. The van der Waals surface area contributed by atoms with Crippen LogP contribution in [-0.4, -0.2) is 110 Å². The predicted molar refractivity (Wildman–Crippen MR) is 155 cm³/mol. The molecule has 2 aliphatic rings. The second-order valence-corrected chi connectivity index (χ2v) is 12.8. The number of nitrogens with zero attached hydrogens (tertiary/aromatic N) is 4. The first-order chi connectivity index (χ1) is 19.8. The van der Waals surface area contributed by atoms with E-state index in [2.05, 4.69) is 28.2 Å². The molecule has 4 rings (SSSR count). The number of halogens is 4. The maximum atomic E-state index is 13.5. The van der Waals surface area contributed by atoms with Crippen LogP contribution >= 0.6 is 0 Å². The number of benzene rings is 2. The standard InChI is InChI=1S/C32H42F2N4O4.2BrH/c1-37(2,19-11-15-35-29(39)23-13-7-8-14-24(23)30(35)40)17-9-5-6-10-18-38(3,4)20-12-16-36-31(41)25-21-27(33)28(34)22-26(25)32(36)42;;/h7-8,13-14,21-22H,5-6,9-12,15-20H2,1-4H3;2*1H/q+2;;/p-2. The fourth-order valence-electron chi connectivity index (χ4n) is 5.90. The van der Waals surface area contributed by atoms with Crippen LogP contribution in [0.4, 0.5) is 8.78 Å². The normalized spacial score (nSPS) is 14.5. The summed E-state index contributed by atoms with van der Waals surface area (Å²) in [5, 5.41) is 0. The Balaban J connectivity index is 0.00000337. The number of fused-ring (bicyclic) bond motifs is 2. The molecule has 4 amide bonds. The van der Waals surface area contributed by atoms with Crippen LogP contribution in [0.2, 0.25) is 0 Å². The number of quaternary nitrogens is 2. The van der Waals surface area contributed by atoms with Crippen LogP contribution in [-0.2, 0) is 0 Å².